The molecule has 0 aromatic heterocycles. The van der Waals surface area contributed by atoms with Crippen LogP contribution in [0.4, 0.5) is 0 Å². The van der Waals surface area contributed by atoms with E-state index < -0.39 is 17.9 Å². The fourth-order valence-electron chi connectivity index (χ4n) is 3.18. The summed E-state index contributed by atoms with van der Waals surface area (Å²) in [5.74, 6) is -3.82. The second-order valence-corrected chi connectivity index (χ2v) is 6.67. The van der Waals surface area contributed by atoms with E-state index in [0.717, 1.165) is 51.4 Å². The molecule has 2 N–H and O–H groups in total. The Kier molecular flexibility index (Phi) is 13.9. The van der Waals surface area contributed by atoms with Gasteiger partial charge in [-0.05, 0) is 18.8 Å². The molecule has 0 aromatic carbocycles. The lowest BCUT2D eigenvalue weighted by Crippen LogP contribution is -2.31. The Bertz CT molecular complexity index is 300. The van der Waals surface area contributed by atoms with Crippen molar-refractivity contribution in [3.8, 4) is 0 Å². The zero-order valence-electron chi connectivity index (χ0n) is 15.1. The fourth-order valence-corrected chi connectivity index (χ4v) is 3.18. The van der Waals surface area contributed by atoms with Crippen LogP contribution in [0.3, 0.4) is 0 Å². The van der Waals surface area contributed by atoms with Gasteiger partial charge in [0, 0.05) is 0 Å². The Morgan fingerprint density at radius 2 is 1.00 bits per heavy atom. The maximum atomic E-state index is 11.3. The fraction of sp³-hybridized carbons (Fsp3) is 0.895. The quantitative estimate of drug-likeness (QED) is 0.290. The lowest BCUT2D eigenvalue weighted by atomic mass is 9.83. The molecular weight excluding hydrogens is 292 g/mol. The molecule has 136 valence electrons. The van der Waals surface area contributed by atoms with Crippen LogP contribution in [-0.2, 0) is 9.59 Å². The van der Waals surface area contributed by atoms with Crippen molar-refractivity contribution in [3.63, 3.8) is 0 Å². The van der Waals surface area contributed by atoms with E-state index in [2.05, 4.69) is 13.8 Å². The summed E-state index contributed by atoms with van der Waals surface area (Å²) in [5.41, 5.74) is 0. The topological polar surface area (TPSA) is 74.6 Å². The standard InChI is InChI=1S/C19H36O4/c1-3-5-7-9-10-11-13-15-16(14-12-8-6-4-2)17(18(20)21)19(22)23/h16-17H,3-15H2,1-2H3,(H,20,21)(H,22,23). The lowest BCUT2D eigenvalue weighted by molar-refractivity contribution is -0.157. The predicted molar refractivity (Wildman–Crippen MR) is 93.6 cm³/mol. The van der Waals surface area contributed by atoms with Crippen molar-refractivity contribution >= 4 is 11.9 Å². The normalized spacial score (nSPS) is 12.5. The third-order valence-electron chi connectivity index (χ3n) is 4.61. The molecule has 1 unspecified atom stereocenters. The maximum Gasteiger partial charge on any atom is 0.318 e. The lowest BCUT2D eigenvalue weighted by Gasteiger charge is -2.21. The molecular formula is C19H36O4. The molecule has 0 aliphatic carbocycles. The number of aliphatic carboxylic acids is 2. The predicted octanol–water partition coefficient (Wildman–Crippen LogP) is 5.50. The summed E-state index contributed by atoms with van der Waals surface area (Å²) < 4.78 is 0. The zero-order chi connectivity index (χ0) is 17.5. The molecule has 0 amide bonds. The molecule has 0 aromatic rings. The molecule has 0 bridgehead atoms. The molecule has 4 nitrogen and oxygen atoms in total. The van der Waals surface area contributed by atoms with Gasteiger partial charge < -0.3 is 10.2 Å². The van der Waals surface area contributed by atoms with Gasteiger partial charge in [0.2, 0.25) is 0 Å². The van der Waals surface area contributed by atoms with Gasteiger partial charge in [-0.1, -0.05) is 84.5 Å². The first-order valence-corrected chi connectivity index (χ1v) is 9.50. The number of carboxylic acid groups (broad SMARTS) is 2. The first-order valence-electron chi connectivity index (χ1n) is 9.50. The molecule has 23 heavy (non-hydrogen) atoms. The van der Waals surface area contributed by atoms with Crippen LogP contribution in [0.1, 0.15) is 97.3 Å². The first-order chi connectivity index (χ1) is 11.0. The van der Waals surface area contributed by atoms with Crippen molar-refractivity contribution in [1.82, 2.24) is 0 Å². The largest absolute Gasteiger partial charge is 0.481 e. The molecule has 0 saturated carbocycles. The first kappa shape index (κ1) is 21.9. The minimum absolute atomic E-state index is 0.225. The molecule has 0 radical (unpaired) electrons. The Morgan fingerprint density at radius 1 is 0.652 bits per heavy atom. The van der Waals surface area contributed by atoms with Crippen LogP contribution >= 0.6 is 0 Å². The van der Waals surface area contributed by atoms with Gasteiger partial charge in [-0.15, -0.1) is 0 Å². The highest BCUT2D eigenvalue weighted by Crippen LogP contribution is 2.26. The SMILES string of the molecule is CCCCCCCCCC(CCCCCC)C(C(=O)O)C(=O)O. The molecule has 0 aliphatic heterocycles. The smallest absolute Gasteiger partial charge is 0.318 e. The van der Waals surface area contributed by atoms with E-state index in [4.69, 9.17) is 0 Å². The molecule has 0 spiro atoms. The highest BCUT2D eigenvalue weighted by atomic mass is 16.4. The average molecular weight is 328 g/mol. The van der Waals surface area contributed by atoms with Crippen LogP contribution in [0, 0.1) is 11.8 Å². The van der Waals surface area contributed by atoms with Crippen LogP contribution in [0.15, 0.2) is 0 Å². The minimum Gasteiger partial charge on any atom is -0.481 e. The van der Waals surface area contributed by atoms with Crippen molar-refractivity contribution in [2.24, 2.45) is 11.8 Å². The summed E-state index contributed by atoms with van der Waals surface area (Å²) in [7, 11) is 0. The highest BCUT2D eigenvalue weighted by molar-refractivity contribution is 5.93. The van der Waals surface area contributed by atoms with Crippen molar-refractivity contribution in [2.45, 2.75) is 97.3 Å². The number of hydrogen-bond acceptors (Lipinski definition) is 2. The van der Waals surface area contributed by atoms with Crippen molar-refractivity contribution in [3.05, 3.63) is 0 Å². The summed E-state index contributed by atoms with van der Waals surface area (Å²) in [4.78, 5) is 22.6. The second-order valence-electron chi connectivity index (χ2n) is 6.67. The third kappa shape index (κ3) is 11.2. The number of hydrogen-bond donors (Lipinski definition) is 2. The zero-order valence-corrected chi connectivity index (χ0v) is 15.1. The monoisotopic (exact) mass is 328 g/mol. The molecule has 0 rings (SSSR count). The van der Waals surface area contributed by atoms with Gasteiger partial charge in [-0.3, -0.25) is 9.59 Å². The van der Waals surface area contributed by atoms with Crippen LogP contribution in [-0.4, -0.2) is 22.2 Å². The summed E-state index contributed by atoms with van der Waals surface area (Å²) >= 11 is 0. The highest BCUT2D eigenvalue weighted by Gasteiger charge is 2.33. The molecule has 0 fully saturated rings. The Balaban J connectivity index is 4.25. The Morgan fingerprint density at radius 3 is 1.39 bits per heavy atom. The van der Waals surface area contributed by atoms with Crippen molar-refractivity contribution in [1.29, 1.82) is 0 Å². The van der Waals surface area contributed by atoms with Gasteiger partial charge in [0.05, 0.1) is 0 Å². The van der Waals surface area contributed by atoms with Crippen LogP contribution < -0.4 is 0 Å². The summed E-state index contributed by atoms with van der Waals surface area (Å²) in [6.45, 7) is 4.33. The second kappa shape index (κ2) is 14.5. The Hall–Kier alpha value is -1.06. The van der Waals surface area contributed by atoms with E-state index in [1.807, 2.05) is 0 Å². The van der Waals surface area contributed by atoms with Crippen LogP contribution in [0.25, 0.3) is 0 Å². The molecule has 4 heteroatoms. The van der Waals surface area contributed by atoms with Crippen LogP contribution in [0.2, 0.25) is 0 Å². The van der Waals surface area contributed by atoms with Gasteiger partial charge in [-0.2, -0.15) is 0 Å². The minimum atomic E-state index is -1.24. The van der Waals surface area contributed by atoms with Gasteiger partial charge in [0.1, 0.15) is 0 Å². The van der Waals surface area contributed by atoms with Gasteiger partial charge >= 0.3 is 11.9 Å². The number of rotatable bonds is 16. The average Bonchev–Trinajstić information content (AvgIpc) is 2.49. The molecule has 0 saturated heterocycles. The molecule has 0 heterocycles. The van der Waals surface area contributed by atoms with Crippen molar-refractivity contribution in [2.75, 3.05) is 0 Å². The summed E-state index contributed by atoms with van der Waals surface area (Å²) in [6, 6.07) is 0. The van der Waals surface area contributed by atoms with E-state index in [9.17, 15) is 19.8 Å². The maximum absolute atomic E-state index is 11.3. The number of carboxylic acids is 2. The van der Waals surface area contributed by atoms with Gasteiger partial charge in [0.25, 0.3) is 0 Å². The number of carbonyl (C=O) groups is 2. The van der Waals surface area contributed by atoms with E-state index >= 15 is 0 Å². The van der Waals surface area contributed by atoms with E-state index in [1.165, 1.54) is 32.1 Å². The summed E-state index contributed by atoms with van der Waals surface area (Å²) in [6.07, 6.45) is 13.9. The third-order valence-corrected chi connectivity index (χ3v) is 4.61. The van der Waals surface area contributed by atoms with Crippen molar-refractivity contribution < 1.29 is 19.8 Å². The number of unbranched alkanes of at least 4 members (excludes halogenated alkanes) is 9. The Labute approximate surface area is 141 Å². The van der Waals surface area contributed by atoms with E-state index in [-0.39, 0.29) is 5.92 Å². The summed E-state index contributed by atoms with van der Waals surface area (Å²) in [5, 5.41) is 18.5. The molecule has 0 aliphatic rings. The van der Waals surface area contributed by atoms with E-state index in [1.54, 1.807) is 0 Å². The van der Waals surface area contributed by atoms with Gasteiger partial charge in [-0.25, -0.2) is 0 Å². The molecule has 1 atom stereocenters. The van der Waals surface area contributed by atoms with E-state index in [0.29, 0.717) is 0 Å². The van der Waals surface area contributed by atoms with Gasteiger partial charge in [0.15, 0.2) is 5.92 Å². The van der Waals surface area contributed by atoms with Crippen LogP contribution in [0.5, 0.6) is 0 Å².